The number of rotatable bonds is 3. The van der Waals surface area contributed by atoms with E-state index in [0.29, 0.717) is 6.61 Å². The Balaban J connectivity index is 1.78. The fourth-order valence-corrected chi connectivity index (χ4v) is 3.03. The Morgan fingerprint density at radius 3 is 3.17 bits per heavy atom. The molecule has 1 atom stereocenters. The number of ether oxygens (including phenoxy) is 1. The number of aliphatic hydroxyl groups is 1. The second-order valence-electron chi connectivity index (χ2n) is 4.55. The van der Waals surface area contributed by atoms with Crippen LogP contribution in [-0.4, -0.2) is 10.1 Å². The Labute approximate surface area is 110 Å². The maximum Gasteiger partial charge on any atom is 0.140 e. The second-order valence-corrected chi connectivity index (χ2v) is 5.49. The Morgan fingerprint density at radius 2 is 2.39 bits per heavy atom. The van der Waals surface area contributed by atoms with Crippen LogP contribution in [-0.2, 0) is 13.0 Å². The van der Waals surface area contributed by atoms with Crippen LogP contribution in [0.2, 0.25) is 0 Å². The van der Waals surface area contributed by atoms with Gasteiger partial charge >= 0.3 is 0 Å². The Bertz CT molecular complexity index is 565. The first-order chi connectivity index (χ1) is 8.74. The van der Waals surface area contributed by atoms with E-state index in [1.54, 1.807) is 11.3 Å². The molecule has 2 aromatic rings. The number of aryl methyl sites for hydroxylation is 1. The van der Waals surface area contributed by atoms with Gasteiger partial charge in [-0.15, -0.1) is 11.3 Å². The normalized spacial score (nSPS) is 17.8. The van der Waals surface area contributed by atoms with Gasteiger partial charge in [0.15, 0.2) is 0 Å². The van der Waals surface area contributed by atoms with Gasteiger partial charge in [-0.3, -0.25) is 0 Å². The van der Waals surface area contributed by atoms with E-state index in [-0.39, 0.29) is 6.10 Å². The molecule has 0 saturated carbocycles. The van der Waals surface area contributed by atoms with Crippen molar-refractivity contribution in [2.75, 3.05) is 0 Å². The number of fused-ring (bicyclic) bond motifs is 1. The van der Waals surface area contributed by atoms with Crippen molar-refractivity contribution in [2.24, 2.45) is 0 Å². The van der Waals surface area contributed by atoms with Crippen molar-refractivity contribution in [3.8, 4) is 5.75 Å². The van der Waals surface area contributed by atoms with E-state index in [9.17, 15) is 5.11 Å². The van der Waals surface area contributed by atoms with Crippen LogP contribution in [0.5, 0.6) is 5.75 Å². The number of aliphatic hydroxyl groups excluding tert-OH is 1. The Kier molecular flexibility index (Phi) is 3.06. The molecule has 0 fully saturated rings. The molecular weight excluding hydrogens is 246 g/mol. The summed E-state index contributed by atoms with van der Waals surface area (Å²) in [6.45, 7) is 2.49. The van der Waals surface area contributed by atoms with E-state index in [1.807, 2.05) is 30.5 Å². The van der Waals surface area contributed by atoms with Crippen LogP contribution in [0, 0.1) is 6.92 Å². The second kappa shape index (κ2) is 4.71. The minimum atomic E-state index is -0.328. The SMILES string of the molecule is Cc1csc(COc2cccc3c2CCC3O)n1. The molecule has 1 aromatic carbocycles. The summed E-state index contributed by atoms with van der Waals surface area (Å²) >= 11 is 1.62. The molecule has 94 valence electrons. The highest BCUT2D eigenvalue weighted by Crippen LogP contribution is 2.36. The fraction of sp³-hybridized carbons (Fsp3) is 0.357. The molecule has 18 heavy (non-hydrogen) atoms. The lowest BCUT2D eigenvalue weighted by molar-refractivity contribution is 0.180. The molecule has 0 aliphatic heterocycles. The van der Waals surface area contributed by atoms with E-state index < -0.39 is 0 Å². The standard InChI is InChI=1S/C14H15NO2S/c1-9-8-18-14(15-9)7-17-13-4-2-3-10-11(13)5-6-12(10)16/h2-4,8,12,16H,5-7H2,1H3. The van der Waals surface area contributed by atoms with Crippen LogP contribution in [0.15, 0.2) is 23.6 Å². The van der Waals surface area contributed by atoms with Crippen molar-refractivity contribution in [1.82, 2.24) is 4.98 Å². The monoisotopic (exact) mass is 261 g/mol. The number of hydrogen-bond donors (Lipinski definition) is 1. The number of aromatic nitrogens is 1. The maximum atomic E-state index is 9.83. The summed E-state index contributed by atoms with van der Waals surface area (Å²) < 4.78 is 5.83. The average Bonchev–Trinajstić information content (AvgIpc) is 2.94. The minimum absolute atomic E-state index is 0.328. The summed E-state index contributed by atoms with van der Waals surface area (Å²) in [5.41, 5.74) is 3.20. The quantitative estimate of drug-likeness (QED) is 0.923. The molecule has 3 rings (SSSR count). The Hall–Kier alpha value is -1.39. The summed E-state index contributed by atoms with van der Waals surface area (Å²) in [5.74, 6) is 0.886. The largest absolute Gasteiger partial charge is 0.486 e. The number of hydrogen-bond acceptors (Lipinski definition) is 4. The third kappa shape index (κ3) is 2.13. The number of benzene rings is 1. The average molecular weight is 261 g/mol. The van der Waals surface area contributed by atoms with Gasteiger partial charge in [-0.2, -0.15) is 0 Å². The molecular formula is C14H15NO2S. The van der Waals surface area contributed by atoms with Crippen LogP contribution in [0.25, 0.3) is 0 Å². The zero-order valence-electron chi connectivity index (χ0n) is 10.2. The lowest BCUT2D eigenvalue weighted by Crippen LogP contribution is -1.98. The van der Waals surface area contributed by atoms with Gasteiger partial charge in [0, 0.05) is 16.6 Å². The van der Waals surface area contributed by atoms with E-state index in [4.69, 9.17) is 4.74 Å². The summed E-state index contributed by atoms with van der Waals surface area (Å²) in [6.07, 6.45) is 1.36. The van der Waals surface area contributed by atoms with Gasteiger partial charge in [-0.05, 0) is 31.4 Å². The van der Waals surface area contributed by atoms with E-state index in [0.717, 1.165) is 40.4 Å². The molecule has 0 amide bonds. The summed E-state index contributed by atoms with van der Waals surface area (Å²) in [7, 11) is 0. The lowest BCUT2D eigenvalue weighted by atomic mass is 10.1. The molecule has 0 spiro atoms. The van der Waals surface area contributed by atoms with Crippen molar-refractivity contribution in [2.45, 2.75) is 32.5 Å². The molecule has 1 aromatic heterocycles. The lowest BCUT2D eigenvalue weighted by Gasteiger charge is -2.10. The first-order valence-electron chi connectivity index (χ1n) is 6.07. The van der Waals surface area contributed by atoms with Gasteiger partial charge in [0.25, 0.3) is 0 Å². The number of nitrogens with zero attached hydrogens (tertiary/aromatic N) is 1. The van der Waals surface area contributed by atoms with Gasteiger partial charge in [-0.1, -0.05) is 12.1 Å². The zero-order chi connectivity index (χ0) is 12.5. The third-order valence-electron chi connectivity index (χ3n) is 3.21. The molecule has 1 aliphatic rings. The molecule has 1 unspecified atom stereocenters. The molecule has 4 heteroatoms. The van der Waals surface area contributed by atoms with Gasteiger partial charge < -0.3 is 9.84 Å². The molecule has 0 saturated heterocycles. The van der Waals surface area contributed by atoms with Gasteiger partial charge in [0.1, 0.15) is 17.4 Å². The van der Waals surface area contributed by atoms with E-state index >= 15 is 0 Å². The highest BCUT2D eigenvalue weighted by Gasteiger charge is 2.23. The number of thiazole rings is 1. The summed E-state index contributed by atoms with van der Waals surface area (Å²) in [6, 6.07) is 5.89. The Morgan fingerprint density at radius 1 is 1.50 bits per heavy atom. The summed E-state index contributed by atoms with van der Waals surface area (Å²) in [5, 5.41) is 12.8. The van der Waals surface area contributed by atoms with Crippen LogP contribution in [0.4, 0.5) is 0 Å². The molecule has 1 heterocycles. The zero-order valence-corrected chi connectivity index (χ0v) is 11.0. The highest BCUT2D eigenvalue weighted by atomic mass is 32.1. The first kappa shape index (κ1) is 11.7. The van der Waals surface area contributed by atoms with Crippen molar-refractivity contribution in [3.63, 3.8) is 0 Å². The molecule has 1 N–H and O–H groups in total. The maximum absolute atomic E-state index is 9.83. The van der Waals surface area contributed by atoms with Crippen molar-refractivity contribution in [1.29, 1.82) is 0 Å². The van der Waals surface area contributed by atoms with Crippen molar-refractivity contribution < 1.29 is 9.84 Å². The van der Waals surface area contributed by atoms with Gasteiger partial charge in [0.05, 0.1) is 6.10 Å². The smallest absolute Gasteiger partial charge is 0.140 e. The topological polar surface area (TPSA) is 42.4 Å². The fourth-order valence-electron chi connectivity index (χ4n) is 2.34. The molecule has 0 bridgehead atoms. The third-order valence-corrected chi connectivity index (χ3v) is 4.15. The van der Waals surface area contributed by atoms with Crippen molar-refractivity contribution >= 4 is 11.3 Å². The van der Waals surface area contributed by atoms with Crippen LogP contribution >= 0.6 is 11.3 Å². The predicted molar refractivity (Wildman–Crippen MR) is 70.9 cm³/mol. The van der Waals surface area contributed by atoms with Crippen LogP contribution in [0.1, 0.15) is 34.4 Å². The van der Waals surface area contributed by atoms with Gasteiger partial charge in [-0.25, -0.2) is 4.98 Å². The van der Waals surface area contributed by atoms with E-state index in [1.165, 1.54) is 0 Å². The van der Waals surface area contributed by atoms with Gasteiger partial charge in [0.2, 0.25) is 0 Å². The van der Waals surface area contributed by atoms with Crippen molar-refractivity contribution in [3.05, 3.63) is 45.4 Å². The minimum Gasteiger partial charge on any atom is -0.486 e. The van der Waals surface area contributed by atoms with Crippen LogP contribution in [0.3, 0.4) is 0 Å². The predicted octanol–water partition coefficient (Wildman–Crippen LogP) is 3.01. The molecule has 1 aliphatic carbocycles. The molecule has 0 radical (unpaired) electrons. The van der Waals surface area contributed by atoms with Crippen LogP contribution < -0.4 is 4.74 Å². The summed E-state index contributed by atoms with van der Waals surface area (Å²) in [4.78, 5) is 4.38. The van der Waals surface area contributed by atoms with E-state index in [2.05, 4.69) is 4.98 Å². The highest BCUT2D eigenvalue weighted by molar-refractivity contribution is 7.09. The first-order valence-corrected chi connectivity index (χ1v) is 6.95. The molecule has 3 nitrogen and oxygen atoms in total.